The fourth-order valence-electron chi connectivity index (χ4n) is 10.4. The molecule has 1 unspecified atom stereocenters. The van der Waals surface area contributed by atoms with Crippen LogP contribution in [-0.2, 0) is 28.6 Å². The minimum atomic E-state index is -0.775. The van der Waals surface area contributed by atoms with Crippen molar-refractivity contribution in [1.29, 1.82) is 0 Å². The van der Waals surface area contributed by atoms with Crippen LogP contribution in [-0.4, -0.2) is 37.2 Å². The number of rotatable bonds is 64. The van der Waals surface area contributed by atoms with Gasteiger partial charge in [0.05, 0.1) is 0 Å². The molecule has 0 radical (unpaired) electrons. The predicted octanol–water partition coefficient (Wildman–Crippen LogP) is 23.6. The summed E-state index contributed by atoms with van der Waals surface area (Å²) in [5, 5.41) is 0. The summed E-state index contributed by atoms with van der Waals surface area (Å²) in [5.41, 5.74) is 0. The summed E-state index contributed by atoms with van der Waals surface area (Å²) >= 11 is 0. The molecule has 0 rings (SSSR count). The van der Waals surface area contributed by atoms with E-state index in [0.29, 0.717) is 19.3 Å². The largest absolute Gasteiger partial charge is 0.462 e. The molecule has 0 aromatic heterocycles. The molecule has 0 fully saturated rings. The molecule has 0 aliphatic heterocycles. The Balaban J connectivity index is 4.31. The first kappa shape index (κ1) is 74.6. The van der Waals surface area contributed by atoms with E-state index in [9.17, 15) is 14.4 Å². The second kappa shape index (κ2) is 66.1. The Kier molecular flexibility index (Phi) is 64.1. The van der Waals surface area contributed by atoms with Crippen molar-refractivity contribution in [2.24, 2.45) is 0 Å². The normalized spacial score (nSPS) is 12.2. The van der Waals surface area contributed by atoms with E-state index in [1.54, 1.807) is 0 Å². The molecule has 0 saturated carbocycles. The third kappa shape index (κ3) is 64.3. The summed E-state index contributed by atoms with van der Waals surface area (Å²) in [5.74, 6) is -0.852. The lowest BCUT2D eigenvalue weighted by atomic mass is 10.0. The molecule has 452 valence electrons. The van der Waals surface area contributed by atoms with Crippen molar-refractivity contribution in [3.05, 3.63) is 36.5 Å². The Hall–Kier alpha value is -2.37. The van der Waals surface area contributed by atoms with Crippen molar-refractivity contribution in [3.8, 4) is 0 Å². The van der Waals surface area contributed by atoms with E-state index in [4.69, 9.17) is 14.2 Å². The van der Waals surface area contributed by atoms with Gasteiger partial charge >= 0.3 is 17.9 Å². The van der Waals surface area contributed by atoms with Crippen LogP contribution in [0.3, 0.4) is 0 Å². The van der Waals surface area contributed by atoms with Gasteiger partial charge in [0.25, 0.3) is 0 Å². The Morgan fingerprint density at radius 3 is 0.649 bits per heavy atom. The first-order valence-electron chi connectivity index (χ1n) is 34.5. The molecule has 0 amide bonds. The van der Waals surface area contributed by atoms with Crippen molar-refractivity contribution in [1.82, 2.24) is 0 Å². The van der Waals surface area contributed by atoms with Gasteiger partial charge in [0, 0.05) is 19.3 Å². The smallest absolute Gasteiger partial charge is 0.306 e. The molecule has 0 aliphatic rings. The highest BCUT2D eigenvalue weighted by molar-refractivity contribution is 5.71. The number of esters is 3. The topological polar surface area (TPSA) is 78.9 Å². The molecule has 1 atom stereocenters. The van der Waals surface area contributed by atoms with Crippen molar-refractivity contribution >= 4 is 17.9 Å². The number of unbranched alkanes of at least 4 members (excludes halogenated alkanes) is 47. The maximum atomic E-state index is 12.9. The van der Waals surface area contributed by atoms with Gasteiger partial charge in [-0.15, -0.1) is 0 Å². The van der Waals surface area contributed by atoms with Crippen molar-refractivity contribution in [3.63, 3.8) is 0 Å². The molecule has 6 nitrogen and oxygen atoms in total. The minimum Gasteiger partial charge on any atom is -0.462 e. The molecule has 6 heteroatoms. The van der Waals surface area contributed by atoms with Gasteiger partial charge in [-0.2, -0.15) is 0 Å². The van der Waals surface area contributed by atoms with Crippen LogP contribution in [0.4, 0.5) is 0 Å². The number of carbonyl (C=O) groups is 3. The molecule has 77 heavy (non-hydrogen) atoms. The van der Waals surface area contributed by atoms with E-state index in [0.717, 1.165) is 57.8 Å². The monoisotopic (exact) mass is 1080 g/mol. The van der Waals surface area contributed by atoms with E-state index in [1.807, 2.05) is 0 Å². The Labute approximate surface area is 480 Å². The first-order chi connectivity index (χ1) is 38.0. The zero-order valence-corrected chi connectivity index (χ0v) is 52.0. The summed E-state index contributed by atoms with van der Waals surface area (Å²) < 4.78 is 17.0. The van der Waals surface area contributed by atoms with Crippen molar-refractivity contribution in [2.45, 2.75) is 386 Å². The fraction of sp³-hybridized carbons (Fsp3) is 0.873. The van der Waals surface area contributed by atoms with Crippen LogP contribution in [0.1, 0.15) is 380 Å². The van der Waals surface area contributed by atoms with Gasteiger partial charge in [0.15, 0.2) is 6.10 Å². The summed E-state index contributed by atoms with van der Waals surface area (Å²) in [6.45, 7) is 6.69. The standard InChI is InChI=1S/C71H132O6/c1-4-7-10-13-16-19-22-25-28-31-33-34-35-36-38-40-43-46-49-52-55-58-61-64-70(73)76-67-68(66-75-69(72)63-60-57-54-51-48-45-42-39-30-27-24-21-18-15-12-9-6-3)77-71(74)65-62-59-56-53-50-47-44-41-37-32-29-26-23-20-17-14-11-8-5-2/h26-27,29-31,33,68H,4-25,28,32,34-67H2,1-3H3/b29-26-,30-27-,33-31-. The van der Waals surface area contributed by atoms with E-state index in [-0.39, 0.29) is 31.1 Å². The minimum absolute atomic E-state index is 0.0711. The first-order valence-corrected chi connectivity index (χ1v) is 34.5. The fourth-order valence-corrected chi connectivity index (χ4v) is 10.4. The molecule has 0 heterocycles. The average molecular weight is 1080 g/mol. The van der Waals surface area contributed by atoms with Crippen LogP contribution in [0, 0.1) is 0 Å². The van der Waals surface area contributed by atoms with Crippen molar-refractivity contribution < 1.29 is 28.6 Å². The van der Waals surface area contributed by atoms with Gasteiger partial charge in [-0.25, -0.2) is 0 Å². The summed E-state index contributed by atoms with van der Waals surface area (Å²) in [6.07, 6.45) is 81.6. The molecule has 0 saturated heterocycles. The Morgan fingerprint density at radius 2 is 0.429 bits per heavy atom. The lowest BCUT2D eigenvalue weighted by Gasteiger charge is -2.18. The van der Waals surface area contributed by atoms with Crippen LogP contribution in [0.2, 0.25) is 0 Å². The summed E-state index contributed by atoms with van der Waals surface area (Å²) in [4.78, 5) is 38.4. The third-order valence-corrected chi connectivity index (χ3v) is 15.6. The van der Waals surface area contributed by atoms with Crippen LogP contribution in [0.15, 0.2) is 36.5 Å². The van der Waals surface area contributed by atoms with Gasteiger partial charge in [0.2, 0.25) is 0 Å². The Morgan fingerprint density at radius 1 is 0.247 bits per heavy atom. The number of hydrogen-bond donors (Lipinski definition) is 0. The van der Waals surface area contributed by atoms with Crippen LogP contribution >= 0.6 is 0 Å². The second-order valence-electron chi connectivity index (χ2n) is 23.4. The highest BCUT2D eigenvalue weighted by Crippen LogP contribution is 2.18. The molecule has 0 aliphatic carbocycles. The van der Waals surface area contributed by atoms with Gasteiger partial charge in [-0.3, -0.25) is 14.4 Å². The van der Waals surface area contributed by atoms with Crippen molar-refractivity contribution in [2.75, 3.05) is 13.2 Å². The van der Waals surface area contributed by atoms with Crippen LogP contribution in [0.5, 0.6) is 0 Å². The van der Waals surface area contributed by atoms with E-state index < -0.39 is 6.10 Å². The SMILES string of the molecule is CCCCCCCC/C=C\CCCCCCCCCCCC(=O)OC(COC(=O)CCCCCCCCC/C=C\CCCCCCCC)COC(=O)CCCCCCCCCCCCC/C=C\CCCCCCCCCC. The maximum absolute atomic E-state index is 12.9. The number of hydrogen-bond acceptors (Lipinski definition) is 6. The number of carbonyl (C=O) groups excluding carboxylic acids is 3. The summed E-state index contributed by atoms with van der Waals surface area (Å²) in [6, 6.07) is 0. The quantitative estimate of drug-likeness (QED) is 0.0261. The molecular weight excluding hydrogens is 949 g/mol. The van der Waals surface area contributed by atoms with Crippen LogP contribution in [0.25, 0.3) is 0 Å². The van der Waals surface area contributed by atoms with Crippen LogP contribution < -0.4 is 0 Å². The lowest BCUT2D eigenvalue weighted by molar-refractivity contribution is -0.167. The molecule has 0 bridgehead atoms. The summed E-state index contributed by atoms with van der Waals surface area (Å²) in [7, 11) is 0. The number of ether oxygens (including phenoxy) is 3. The lowest BCUT2D eigenvalue weighted by Crippen LogP contribution is -2.30. The predicted molar refractivity (Wildman–Crippen MR) is 335 cm³/mol. The van der Waals surface area contributed by atoms with E-state index in [2.05, 4.69) is 57.2 Å². The molecule has 0 aromatic rings. The molecule has 0 N–H and O–H groups in total. The molecule has 0 spiro atoms. The maximum Gasteiger partial charge on any atom is 0.306 e. The highest BCUT2D eigenvalue weighted by atomic mass is 16.6. The highest BCUT2D eigenvalue weighted by Gasteiger charge is 2.19. The van der Waals surface area contributed by atoms with Gasteiger partial charge < -0.3 is 14.2 Å². The van der Waals surface area contributed by atoms with Gasteiger partial charge in [-0.05, 0) is 96.3 Å². The van der Waals surface area contributed by atoms with E-state index in [1.165, 1.54) is 283 Å². The average Bonchev–Trinajstić information content (AvgIpc) is 3.43. The van der Waals surface area contributed by atoms with Gasteiger partial charge in [-0.1, -0.05) is 301 Å². The molecule has 0 aromatic carbocycles. The Bertz CT molecular complexity index is 1290. The number of allylic oxidation sites excluding steroid dienone is 6. The van der Waals surface area contributed by atoms with E-state index >= 15 is 0 Å². The van der Waals surface area contributed by atoms with Gasteiger partial charge in [0.1, 0.15) is 13.2 Å². The zero-order chi connectivity index (χ0) is 55.7. The molecular formula is C71H132O6. The third-order valence-electron chi connectivity index (χ3n) is 15.6. The second-order valence-corrected chi connectivity index (χ2v) is 23.4. The zero-order valence-electron chi connectivity index (χ0n) is 52.0.